The van der Waals surface area contributed by atoms with E-state index in [0.717, 1.165) is 28.7 Å². The van der Waals surface area contributed by atoms with Crippen molar-refractivity contribution in [1.82, 2.24) is 24.4 Å². The topological polar surface area (TPSA) is 81.8 Å². The van der Waals surface area contributed by atoms with Crippen LogP contribution in [0, 0.1) is 0 Å². The SMILES string of the molecule is O=C(Cn1cnc2ccccc2c1=O)NCc1ccc(Cn2cnc3ccccc32)cc1. The Bertz CT molecular complexity index is 1470. The molecule has 1 amide bonds. The normalized spacial score (nSPS) is 11.1. The van der Waals surface area contributed by atoms with E-state index in [1.54, 1.807) is 18.2 Å². The van der Waals surface area contributed by atoms with Crippen molar-refractivity contribution >= 4 is 27.8 Å². The molecule has 5 rings (SSSR count). The minimum absolute atomic E-state index is 0.0670. The van der Waals surface area contributed by atoms with Gasteiger partial charge in [-0.05, 0) is 35.4 Å². The molecule has 0 bridgehead atoms. The molecule has 2 aromatic heterocycles. The molecule has 0 radical (unpaired) electrons. The van der Waals surface area contributed by atoms with Gasteiger partial charge in [0.05, 0.1) is 34.6 Å². The van der Waals surface area contributed by atoms with Crippen LogP contribution in [0.25, 0.3) is 21.9 Å². The van der Waals surface area contributed by atoms with Crippen LogP contribution in [0.2, 0.25) is 0 Å². The molecule has 5 aromatic rings. The molecule has 3 aromatic carbocycles. The minimum atomic E-state index is -0.238. The van der Waals surface area contributed by atoms with E-state index in [0.29, 0.717) is 17.4 Å². The second-order valence-corrected chi connectivity index (χ2v) is 7.65. The van der Waals surface area contributed by atoms with E-state index in [9.17, 15) is 9.59 Å². The lowest BCUT2D eigenvalue weighted by atomic mass is 10.1. The van der Waals surface area contributed by atoms with Crippen molar-refractivity contribution < 1.29 is 4.79 Å². The van der Waals surface area contributed by atoms with Gasteiger partial charge in [0.1, 0.15) is 6.54 Å². The molecule has 0 spiro atoms. The van der Waals surface area contributed by atoms with E-state index in [1.165, 1.54) is 10.9 Å². The van der Waals surface area contributed by atoms with Gasteiger partial charge in [0.15, 0.2) is 0 Å². The van der Waals surface area contributed by atoms with E-state index < -0.39 is 0 Å². The highest BCUT2D eigenvalue weighted by atomic mass is 16.2. The largest absolute Gasteiger partial charge is 0.350 e. The molecule has 1 N–H and O–H groups in total. The Kier molecular flexibility index (Phi) is 5.21. The van der Waals surface area contributed by atoms with Gasteiger partial charge in [-0.15, -0.1) is 0 Å². The van der Waals surface area contributed by atoms with Gasteiger partial charge in [-0.2, -0.15) is 0 Å². The van der Waals surface area contributed by atoms with Gasteiger partial charge in [-0.3, -0.25) is 14.2 Å². The van der Waals surface area contributed by atoms with Gasteiger partial charge in [0, 0.05) is 13.1 Å². The molecule has 0 aliphatic carbocycles. The number of rotatable bonds is 6. The Morgan fingerprint density at radius 1 is 0.781 bits per heavy atom. The van der Waals surface area contributed by atoms with E-state index in [2.05, 4.69) is 25.9 Å². The first-order valence-electron chi connectivity index (χ1n) is 10.4. The molecule has 0 aliphatic heterocycles. The second kappa shape index (κ2) is 8.47. The number of para-hydroxylation sites is 3. The zero-order valence-electron chi connectivity index (χ0n) is 17.3. The molecule has 0 unspecified atom stereocenters. The Labute approximate surface area is 184 Å². The number of nitrogens with one attached hydrogen (secondary N) is 1. The fourth-order valence-corrected chi connectivity index (χ4v) is 3.73. The molecule has 0 fully saturated rings. The zero-order valence-corrected chi connectivity index (χ0v) is 17.3. The third-order valence-electron chi connectivity index (χ3n) is 5.44. The molecule has 0 saturated heterocycles. The standard InChI is InChI=1S/C25H21N5O2/c31-24(15-30-17-27-21-6-2-1-5-20(21)25(30)32)26-13-18-9-11-19(12-10-18)14-29-16-28-22-7-3-4-8-23(22)29/h1-12,16-17H,13-15H2,(H,26,31). The quantitative estimate of drug-likeness (QED) is 0.455. The number of aromatic nitrogens is 4. The predicted octanol–water partition coefficient (Wildman–Crippen LogP) is 3.11. The summed E-state index contributed by atoms with van der Waals surface area (Å²) < 4.78 is 3.44. The molecule has 158 valence electrons. The number of hydrogen-bond donors (Lipinski definition) is 1. The fraction of sp³-hybridized carbons (Fsp3) is 0.120. The fourth-order valence-electron chi connectivity index (χ4n) is 3.73. The number of imidazole rings is 1. The van der Waals surface area contributed by atoms with Gasteiger partial charge in [0.25, 0.3) is 5.56 Å². The number of benzene rings is 3. The Hall–Kier alpha value is -4.26. The van der Waals surface area contributed by atoms with Crippen molar-refractivity contribution in [1.29, 1.82) is 0 Å². The Morgan fingerprint density at radius 2 is 1.44 bits per heavy atom. The lowest BCUT2D eigenvalue weighted by Crippen LogP contribution is -2.32. The Morgan fingerprint density at radius 3 is 2.28 bits per heavy atom. The van der Waals surface area contributed by atoms with Gasteiger partial charge < -0.3 is 9.88 Å². The van der Waals surface area contributed by atoms with E-state index in [4.69, 9.17) is 0 Å². The molecule has 0 atom stereocenters. The van der Waals surface area contributed by atoms with E-state index in [1.807, 2.05) is 54.9 Å². The average molecular weight is 423 g/mol. The maximum Gasteiger partial charge on any atom is 0.261 e. The van der Waals surface area contributed by atoms with Crippen LogP contribution in [-0.2, 0) is 24.4 Å². The van der Waals surface area contributed by atoms with Crippen molar-refractivity contribution in [3.63, 3.8) is 0 Å². The van der Waals surface area contributed by atoms with Crippen LogP contribution in [0.5, 0.6) is 0 Å². The first-order chi connectivity index (χ1) is 15.7. The van der Waals surface area contributed by atoms with Crippen LogP contribution in [0.15, 0.2) is 90.2 Å². The highest BCUT2D eigenvalue weighted by Gasteiger charge is 2.08. The minimum Gasteiger partial charge on any atom is -0.350 e. The number of hydrogen-bond acceptors (Lipinski definition) is 4. The van der Waals surface area contributed by atoms with Crippen molar-refractivity contribution in [3.05, 3.63) is 107 Å². The molecule has 0 aliphatic rings. The third-order valence-corrected chi connectivity index (χ3v) is 5.44. The number of nitrogens with zero attached hydrogens (tertiary/aromatic N) is 4. The van der Waals surface area contributed by atoms with Crippen LogP contribution in [0.3, 0.4) is 0 Å². The van der Waals surface area contributed by atoms with Crippen molar-refractivity contribution in [2.24, 2.45) is 0 Å². The first kappa shape index (κ1) is 19.7. The zero-order chi connectivity index (χ0) is 21.9. The summed E-state index contributed by atoms with van der Waals surface area (Å²) in [7, 11) is 0. The van der Waals surface area contributed by atoms with Crippen LogP contribution in [0.4, 0.5) is 0 Å². The van der Waals surface area contributed by atoms with Crippen molar-refractivity contribution in [2.75, 3.05) is 0 Å². The van der Waals surface area contributed by atoms with Crippen molar-refractivity contribution in [2.45, 2.75) is 19.6 Å². The van der Waals surface area contributed by atoms with Crippen LogP contribution >= 0.6 is 0 Å². The second-order valence-electron chi connectivity index (χ2n) is 7.65. The molecule has 7 heteroatoms. The Balaban J connectivity index is 1.20. The molecular formula is C25H21N5O2. The summed E-state index contributed by atoms with van der Waals surface area (Å²) in [5.74, 6) is -0.238. The van der Waals surface area contributed by atoms with E-state index in [-0.39, 0.29) is 18.0 Å². The van der Waals surface area contributed by atoms with Gasteiger partial charge in [0.2, 0.25) is 5.91 Å². The van der Waals surface area contributed by atoms with Gasteiger partial charge in [-0.1, -0.05) is 48.5 Å². The summed E-state index contributed by atoms with van der Waals surface area (Å²) >= 11 is 0. The molecule has 32 heavy (non-hydrogen) atoms. The number of carbonyl (C=O) groups excluding carboxylic acids is 1. The summed E-state index contributed by atoms with van der Waals surface area (Å²) in [6.07, 6.45) is 3.27. The maximum atomic E-state index is 12.5. The summed E-state index contributed by atoms with van der Waals surface area (Å²) in [5, 5.41) is 3.37. The average Bonchev–Trinajstić information content (AvgIpc) is 3.23. The predicted molar refractivity (Wildman–Crippen MR) is 123 cm³/mol. The summed E-state index contributed by atoms with van der Waals surface area (Å²) in [5.41, 5.74) is 4.62. The molecule has 7 nitrogen and oxygen atoms in total. The van der Waals surface area contributed by atoms with Crippen molar-refractivity contribution in [3.8, 4) is 0 Å². The summed E-state index contributed by atoms with van der Waals surface area (Å²) in [6, 6.07) is 23.3. The number of fused-ring (bicyclic) bond motifs is 2. The number of carbonyl (C=O) groups is 1. The lowest BCUT2D eigenvalue weighted by molar-refractivity contribution is -0.121. The highest BCUT2D eigenvalue weighted by molar-refractivity contribution is 5.79. The molecular weight excluding hydrogens is 402 g/mol. The monoisotopic (exact) mass is 423 g/mol. The van der Waals surface area contributed by atoms with Gasteiger partial charge >= 0.3 is 0 Å². The third kappa shape index (κ3) is 4.00. The lowest BCUT2D eigenvalue weighted by Gasteiger charge is -2.09. The number of amides is 1. The van der Waals surface area contributed by atoms with E-state index >= 15 is 0 Å². The van der Waals surface area contributed by atoms with Gasteiger partial charge in [-0.25, -0.2) is 9.97 Å². The smallest absolute Gasteiger partial charge is 0.261 e. The summed E-state index contributed by atoms with van der Waals surface area (Å²) in [6.45, 7) is 1.05. The van der Waals surface area contributed by atoms with Crippen LogP contribution in [0.1, 0.15) is 11.1 Å². The first-order valence-corrected chi connectivity index (χ1v) is 10.4. The molecule has 0 saturated carbocycles. The highest BCUT2D eigenvalue weighted by Crippen LogP contribution is 2.14. The van der Waals surface area contributed by atoms with Crippen LogP contribution in [-0.4, -0.2) is 25.0 Å². The molecule has 2 heterocycles. The van der Waals surface area contributed by atoms with Crippen LogP contribution < -0.4 is 10.9 Å². The maximum absolute atomic E-state index is 12.5. The summed E-state index contributed by atoms with van der Waals surface area (Å²) in [4.78, 5) is 33.6.